The highest BCUT2D eigenvalue weighted by Crippen LogP contribution is 2.28. The molecule has 1 amide bonds. The summed E-state index contributed by atoms with van der Waals surface area (Å²) < 4.78 is 31.2. The molecule has 1 N–H and O–H groups in total. The van der Waals surface area contributed by atoms with Gasteiger partial charge in [-0.25, -0.2) is 9.07 Å². The molecule has 0 saturated carbocycles. The van der Waals surface area contributed by atoms with Crippen LogP contribution in [-0.2, 0) is 24.4 Å². The molecule has 1 atom stereocenters. The Morgan fingerprint density at radius 2 is 1.97 bits per heavy atom. The van der Waals surface area contributed by atoms with E-state index in [0.29, 0.717) is 30.3 Å². The van der Waals surface area contributed by atoms with E-state index in [-0.39, 0.29) is 30.1 Å². The van der Waals surface area contributed by atoms with Crippen LogP contribution >= 0.6 is 0 Å². The average molecular weight is 412 g/mol. The van der Waals surface area contributed by atoms with Gasteiger partial charge < -0.3 is 19.5 Å². The Hall–Kier alpha value is -3.46. The first-order chi connectivity index (χ1) is 14.6. The number of halogens is 1. The zero-order valence-electron chi connectivity index (χ0n) is 16.6. The van der Waals surface area contributed by atoms with Gasteiger partial charge in [-0.3, -0.25) is 4.79 Å². The SMILES string of the molecule is COc1ccc(CNC(=O)c2nnn3c2CO[C@@H](c2ccc(F)cc2)C3)cc1OC. The third kappa shape index (κ3) is 3.97. The molecule has 9 heteroatoms. The van der Waals surface area contributed by atoms with Crippen molar-refractivity contribution in [3.8, 4) is 11.5 Å². The summed E-state index contributed by atoms with van der Waals surface area (Å²) in [6.07, 6.45) is -0.275. The summed E-state index contributed by atoms with van der Waals surface area (Å²) in [5.41, 5.74) is 2.54. The molecule has 4 rings (SSSR count). The maximum Gasteiger partial charge on any atom is 0.274 e. The van der Waals surface area contributed by atoms with E-state index in [1.807, 2.05) is 6.07 Å². The average Bonchev–Trinajstić information content (AvgIpc) is 3.21. The minimum atomic E-state index is -0.338. The second-order valence-electron chi connectivity index (χ2n) is 6.79. The van der Waals surface area contributed by atoms with Gasteiger partial charge in [-0.15, -0.1) is 5.10 Å². The summed E-state index contributed by atoms with van der Waals surface area (Å²) in [5, 5.41) is 11.0. The van der Waals surface area contributed by atoms with Gasteiger partial charge >= 0.3 is 0 Å². The van der Waals surface area contributed by atoms with E-state index in [1.165, 1.54) is 12.1 Å². The lowest BCUT2D eigenvalue weighted by Crippen LogP contribution is -2.27. The van der Waals surface area contributed by atoms with Crippen molar-refractivity contribution in [3.63, 3.8) is 0 Å². The molecule has 8 nitrogen and oxygen atoms in total. The van der Waals surface area contributed by atoms with Crippen LogP contribution in [0.3, 0.4) is 0 Å². The predicted molar refractivity (Wildman–Crippen MR) is 105 cm³/mol. The van der Waals surface area contributed by atoms with Crippen molar-refractivity contribution in [2.75, 3.05) is 14.2 Å². The molecular weight excluding hydrogens is 391 g/mol. The second-order valence-corrected chi connectivity index (χ2v) is 6.79. The van der Waals surface area contributed by atoms with Gasteiger partial charge in [0, 0.05) is 6.54 Å². The number of hydrogen-bond donors (Lipinski definition) is 1. The van der Waals surface area contributed by atoms with Gasteiger partial charge in [0.1, 0.15) is 11.9 Å². The summed E-state index contributed by atoms with van der Waals surface area (Å²) in [6.45, 7) is 0.885. The molecule has 0 aliphatic carbocycles. The fourth-order valence-electron chi connectivity index (χ4n) is 3.32. The second kappa shape index (κ2) is 8.50. The summed E-state index contributed by atoms with van der Waals surface area (Å²) in [5.74, 6) is 0.567. The third-order valence-corrected chi connectivity index (χ3v) is 4.96. The summed E-state index contributed by atoms with van der Waals surface area (Å²) >= 11 is 0. The number of rotatable bonds is 6. The van der Waals surface area contributed by atoms with Crippen LogP contribution in [0.4, 0.5) is 4.39 Å². The smallest absolute Gasteiger partial charge is 0.274 e. The van der Waals surface area contributed by atoms with Gasteiger partial charge in [0.05, 0.1) is 33.1 Å². The highest BCUT2D eigenvalue weighted by molar-refractivity contribution is 5.93. The first-order valence-electron chi connectivity index (χ1n) is 9.37. The lowest BCUT2D eigenvalue weighted by Gasteiger charge is -2.24. The Morgan fingerprint density at radius 3 is 2.70 bits per heavy atom. The molecule has 0 spiro atoms. The molecule has 0 radical (unpaired) electrons. The van der Waals surface area contributed by atoms with Gasteiger partial charge in [-0.1, -0.05) is 23.4 Å². The van der Waals surface area contributed by atoms with Gasteiger partial charge in [0.25, 0.3) is 5.91 Å². The Bertz CT molecular complexity index is 1050. The first-order valence-corrected chi connectivity index (χ1v) is 9.37. The fraction of sp³-hybridized carbons (Fsp3) is 0.286. The molecule has 30 heavy (non-hydrogen) atoms. The van der Waals surface area contributed by atoms with E-state index >= 15 is 0 Å². The molecule has 1 aliphatic rings. The van der Waals surface area contributed by atoms with Crippen LogP contribution in [0.5, 0.6) is 11.5 Å². The van der Waals surface area contributed by atoms with Crippen LogP contribution in [0, 0.1) is 5.82 Å². The van der Waals surface area contributed by atoms with E-state index in [1.54, 1.807) is 43.2 Å². The zero-order chi connectivity index (χ0) is 21.1. The molecule has 0 saturated heterocycles. The normalized spacial score (nSPS) is 15.4. The number of nitrogens with zero attached hydrogens (tertiary/aromatic N) is 3. The van der Waals surface area contributed by atoms with E-state index in [2.05, 4.69) is 15.6 Å². The quantitative estimate of drug-likeness (QED) is 0.670. The molecule has 156 valence electrons. The van der Waals surface area contributed by atoms with Gasteiger partial charge in [-0.2, -0.15) is 0 Å². The van der Waals surface area contributed by atoms with Gasteiger partial charge in [0.15, 0.2) is 17.2 Å². The number of ether oxygens (including phenoxy) is 3. The lowest BCUT2D eigenvalue weighted by atomic mass is 10.1. The third-order valence-electron chi connectivity index (χ3n) is 4.96. The van der Waals surface area contributed by atoms with E-state index in [4.69, 9.17) is 14.2 Å². The van der Waals surface area contributed by atoms with Crippen molar-refractivity contribution in [2.45, 2.75) is 25.8 Å². The van der Waals surface area contributed by atoms with Crippen LogP contribution in [-0.4, -0.2) is 35.1 Å². The highest BCUT2D eigenvalue weighted by atomic mass is 19.1. The highest BCUT2D eigenvalue weighted by Gasteiger charge is 2.27. The standard InChI is InChI=1S/C21H21FN4O4/c1-28-17-8-3-13(9-18(17)29-2)10-23-21(27)20-16-12-30-19(11-26(16)25-24-20)14-4-6-15(22)7-5-14/h3-9,19H,10-12H2,1-2H3,(H,23,27)/t19-/m1/s1. The van der Waals surface area contributed by atoms with E-state index in [0.717, 1.165) is 11.1 Å². The summed E-state index contributed by atoms with van der Waals surface area (Å²) in [6, 6.07) is 11.6. The maximum atomic E-state index is 13.1. The molecule has 1 aliphatic heterocycles. The monoisotopic (exact) mass is 412 g/mol. The Kier molecular flexibility index (Phi) is 5.62. The van der Waals surface area contributed by atoms with E-state index < -0.39 is 0 Å². The van der Waals surface area contributed by atoms with Crippen molar-refractivity contribution in [3.05, 3.63) is 70.8 Å². The topological polar surface area (TPSA) is 87.5 Å². The van der Waals surface area contributed by atoms with Crippen LogP contribution in [0.25, 0.3) is 0 Å². The van der Waals surface area contributed by atoms with Crippen molar-refractivity contribution in [1.29, 1.82) is 0 Å². The van der Waals surface area contributed by atoms with Crippen molar-refractivity contribution in [1.82, 2.24) is 20.3 Å². The number of amides is 1. The van der Waals surface area contributed by atoms with Crippen LogP contribution in [0.2, 0.25) is 0 Å². The van der Waals surface area contributed by atoms with Gasteiger partial charge in [-0.05, 0) is 35.4 Å². The molecule has 0 bridgehead atoms. The minimum absolute atomic E-state index is 0.189. The summed E-state index contributed by atoms with van der Waals surface area (Å²) in [4.78, 5) is 12.6. The number of fused-ring (bicyclic) bond motifs is 1. The number of aromatic nitrogens is 3. The van der Waals surface area contributed by atoms with Gasteiger partial charge in [0.2, 0.25) is 0 Å². The number of nitrogens with one attached hydrogen (secondary N) is 1. The number of carbonyl (C=O) groups excluding carboxylic acids is 1. The number of methoxy groups -OCH3 is 2. The first kappa shape index (κ1) is 19.8. The van der Waals surface area contributed by atoms with E-state index in [9.17, 15) is 9.18 Å². The fourth-order valence-corrected chi connectivity index (χ4v) is 3.32. The summed E-state index contributed by atoms with van der Waals surface area (Å²) in [7, 11) is 3.12. The molecule has 2 aromatic carbocycles. The molecule has 0 fully saturated rings. The van der Waals surface area contributed by atoms with Crippen LogP contribution in [0.1, 0.15) is 33.4 Å². The van der Waals surface area contributed by atoms with Crippen molar-refractivity contribution < 1.29 is 23.4 Å². The Morgan fingerprint density at radius 1 is 1.20 bits per heavy atom. The lowest BCUT2D eigenvalue weighted by molar-refractivity contribution is -0.00180. The van der Waals surface area contributed by atoms with Crippen molar-refractivity contribution >= 4 is 5.91 Å². The predicted octanol–water partition coefficient (Wildman–Crippen LogP) is 2.64. The Balaban J connectivity index is 1.42. The number of benzene rings is 2. The molecule has 0 unspecified atom stereocenters. The van der Waals surface area contributed by atoms with Crippen LogP contribution in [0.15, 0.2) is 42.5 Å². The largest absolute Gasteiger partial charge is 0.493 e. The Labute approximate surface area is 172 Å². The van der Waals surface area contributed by atoms with Crippen LogP contribution < -0.4 is 14.8 Å². The molecule has 1 aromatic heterocycles. The zero-order valence-corrected chi connectivity index (χ0v) is 16.6. The molecular formula is C21H21FN4O4. The number of carbonyl (C=O) groups is 1. The minimum Gasteiger partial charge on any atom is -0.493 e. The maximum absolute atomic E-state index is 13.1. The molecule has 2 heterocycles. The number of hydrogen-bond acceptors (Lipinski definition) is 6. The molecule has 3 aromatic rings. The van der Waals surface area contributed by atoms with Crippen molar-refractivity contribution in [2.24, 2.45) is 0 Å².